The number of hydrogen-bond donors (Lipinski definition) is 2. The lowest BCUT2D eigenvalue weighted by atomic mass is 9.86. The second kappa shape index (κ2) is 7.80. The Bertz CT molecular complexity index is 368. The van der Waals surface area contributed by atoms with Gasteiger partial charge >= 0.3 is 0 Å². The summed E-state index contributed by atoms with van der Waals surface area (Å²) in [6, 6.07) is 10.8. The van der Waals surface area contributed by atoms with Crippen LogP contribution in [-0.4, -0.2) is 24.3 Å². The molecule has 0 amide bonds. The summed E-state index contributed by atoms with van der Waals surface area (Å²) in [7, 11) is 0. The van der Waals surface area contributed by atoms with Crippen molar-refractivity contribution in [3.8, 4) is 0 Å². The van der Waals surface area contributed by atoms with E-state index in [-0.39, 0.29) is 6.10 Å². The Balaban J connectivity index is 1.78. The molecule has 0 aromatic heterocycles. The quantitative estimate of drug-likeness (QED) is 0.832. The normalized spacial score (nSPS) is 24.8. The molecule has 0 bridgehead atoms. The Labute approximate surface area is 123 Å². The van der Waals surface area contributed by atoms with Crippen molar-refractivity contribution in [2.75, 3.05) is 13.1 Å². The summed E-state index contributed by atoms with van der Waals surface area (Å²) >= 11 is 0. The number of rotatable bonds is 6. The van der Waals surface area contributed by atoms with Crippen molar-refractivity contribution < 1.29 is 5.11 Å². The Morgan fingerprint density at radius 3 is 2.35 bits per heavy atom. The largest absolute Gasteiger partial charge is 0.393 e. The molecule has 2 N–H and O–H groups in total. The van der Waals surface area contributed by atoms with Crippen LogP contribution in [0.3, 0.4) is 0 Å². The van der Waals surface area contributed by atoms with Crippen LogP contribution in [0.2, 0.25) is 0 Å². The van der Waals surface area contributed by atoms with Crippen LogP contribution in [-0.2, 0) is 0 Å². The van der Waals surface area contributed by atoms with Crippen molar-refractivity contribution in [3.63, 3.8) is 0 Å². The summed E-state index contributed by atoms with van der Waals surface area (Å²) in [5, 5.41) is 13.2. The van der Waals surface area contributed by atoms with Crippen LogP contribution in [0.4, 0.5) is 0 Å². The maximum Gasteiger partial charge on any atom is 0.0540 e. The first-order valence-corrected chi connectivity index (χ1v) is 8.10. The van der Waals surface area contributed by atoms with Gasteiger partial charge in [-0.25, -0.2) is 0 Å². The molecule has 1 aliphatic rings. The van der Waals surface area contributed by atoms with Crippen molar-refractivity contribution in [1.29, 1.82) is 0 Å². The molecule has 112 valence electrons. The number of benzene rings is 1. The molecule has 0 radical (unpaired) electrons. The van der Waals surface area contributed by atoms with Crippen LogP contribution in [0.5, 0.6) is 0 Å². The number of aliphatic hydroxyl groups is 1. The molecule has 1 atom stereocenters. The van der Waals surface area contributed by atoms with Crippen LogP contribution < -0.4 is 5.32 Å². The van der Waals surface area contributed by atoms with E-state index in [1.807, 2.05) is 0 Å². The first-order chi connectivity index (χ1) is 9.66. The summed E-state index contributed by atoms with van der Waals surface area (Å²) in [5.74, 6) is 1.99. The fourth-order valence-electron chi connectivity index (χ4n) is 3.23. The van der Waals surface area contributed by atoms with Gasteiger partial charge in [-0.15, -0.1) is 0 Å². The van der Waals surface area contributed by atoms with Gasteiger partial charge in [0.1, 0.15) is 0 Å². The summed E-state index contributed by atoms with van der Waals surface area (Å²) in [6.45, 7) is 6.76. The SMILES string of the molecule is CC(C)C(CNCC1CCC(O)CC1)c1ccccc1. The lowest BCUT2D eigenvalue weighted by Gasteiger charge is -2.27. The Morgan fingerprint density at radius 2 is 1.75 bits per heavy atom. The fraction of sp³-hybridized carbons (Fsp3) is 0.667. The zero-order valence-corrected chi connectivity index (χ0v) is 12.9. The van der Waals surface area contributed by atoms with Crippen LogP contribution in [0.25, 0.3) is 0 Å². The summed E-state index contributed by atoms with van der Waals surface area (Å²) < 4.78 is 0. The number of hydrogen-bond acceptors (Lipinski definition) is 2. The Morgan fingerprint density at radius 1 is 1.10 bits per heavy atom. The van der Waals surface area contributed by atoms with Gasteiger partial charge in [-0.2, -0.15) is 0 Å². The average Bonchev–Trinajstić information content (AvgIpc) is 2.46. The Kier molecular flexibility index (Phi) is 6.06. The van der Waals surface area contributed by atoms with Gasteiger partial charge in [-0.05, 0) is 55.5 Å². The van der Waals surface area contributed by atoms with Gasteiger partial charge < -0.3 is 10.4 Å². The molecule has 1 unspecified atom stereocenters. The molecule has 1 fully saturated rings. The van der Waals surface area contributed by atoms with Crippen molar-refractivity contribution in [2.45, 2.75) is 51.6 Å². The first-order valence-electron chi connectivity index (χ1n) is 8.10. The summed E-state index contributed by atoms with van der Waals surface area (Å²) in [6.07, 6.45) is 4.27. The standard InChI is InChI=1S/C18H29NO/c1-14(2)18(16-6-4-3-5-7-16)13-19-12-15-8-10-17(20)11-9-15/h3-7,14-15,17-20H,8-13H2,1-2H3. The lowest BCUT2D eigenvalue weighted by Crippen LogP contribution is -2.31. The van der Waals surface area contributed by atoms with E-state index in [1.54, 1.807) is 0 Å². The van der Waals surface area contributed by atoms with Crippen molar-refractivity contribution in [1.82, 2.24) is 5.32 Å². The zero-order chi connectivity index (χ0) is 14.4. The molecule has 0 aliphatic heterocycles. The van der Waals surface area contributed by atoms with Gasteiger partial charge in [-0.1, -0.05) is 44.2 Å². The molecule has 0 saturated heterocycles. The molecule has 1 aromatic carbocycles. The minimum Gasteiger partial charge on any atom is -0.393 e. The minimum atomic E-state index is -0.0426. The van der Waals surface area contributed by atoms with E-state index in [9.17, 15) is 5.11 Å². The van der Waals surface area contributed by atoms with Crippen LogP contribution >= 0.6 is 0 Å². The predicted octanol–water partition coefficient (Wildman–Crippen LogP) is 3.57. The molecule has 2 heteroatoms. The van der Waals surface area contributed by atoms with E-state index in [2.05, 4.69) is 49.5 Å². The number of nitrogens with one attached hydrogen (secondary N) is 1. The molecule has 1 saturated carbocycles. The maximum atomic E-state index is 9.54. The molecular weight excluding hydrogens is 246 g/mol. The van der Waals surface area contributed by atoms with E-state index >= 15 is 0 Å². The third kappa shape index (κ3) is 4.60. The first kappa shape index (κ1) is 15.5. The molecule has 2 rings (SSSR count). The molecule has 20 heavy (non-hydrogen) atoms. The fourth-order valence-corrected chi connectivity index (χ4v) is 3.23. The van der Waals surface area contributed by atoms with Gasteiger partial charge in [0.2, 0.25) is 0 Å². The van der Waals surface area contributed by atoms with Gasteiger partial charge in [-0.3, -0.25) is 0 Å². The van der Waals surface area contributed by atoms with E-state index < -0.39 is 0 Å². The Hall–Kier alpha value is -0.860. The third-order valence-electron chi connectivity index (χ3n) is 4.65. The molecule has 1 aromatic rings. The van der Waals surface area contributed by atoms with E-state index in [1.165, 1.54) is 18.4 Å². The van der Waals surface area contributed by atoms with Crippen molar-refractivity contribution in [3.05, 3.63) is 35.9 Å². The summed E-state index contributed by atoms with van der Waals surface area (Å²) in [4.78, 5) is 0. The molecule has 2 nitrogen and oxygen atoms in total. The van der Waals surface area contributed by atoms with Crippen LogP contribution in [0.15, 0.2) is 30.3 Å². The second-order valence-electron chi connectivity index (χ2n) is 6.59. The van der Waals surface area contributed by atoms with Gasteiger partial charge in [0, 0.05) is 6.54 Å². The highest BCUT2D eigenvalue weighted by molar-refractivity contribution is 5.20. The van der Waals surface area contributed by atoms with E-state index in [0.29, 0.717) is 11.8 Å². The molecular formula is C18H29NO. The average molecular weight is 275 g/mol. The minimum absolute atomic E-state index is 0.0426. The predicted molar refractivity (Wildman–Crippen MR) is 84.9 cm³/mol. The number of aliphatic hydroxyl groups excluding tert-OH is 1. The maximum absolute atomic E-state index is 9.54. The van der Waals surface area contributed by atoms with Gasteiger partial charge in [0.15, 0.2) is 0 Å². The van der Waals surface area contributed by atoms with Gasteiger partial charge in [0.05, 0.1) is 6.10 Å². The van der Waals surface area contributed by atoms with E-state index in [0.717, 1.165) is 31.8 Å². The second-order valence-corrected chi connectivity index (χ2v) is 6.59. The monoisotopic (exact) mass is 275 g/mol. The topological polar surface area (TPSA) is 32.3 Å². The zero-order valence-electron chi connectivity index (χ0n) is 12.9. The molecule has 0 spiro atoms. The molecule has 1 aliphatic carbocycles. The van der Waals surface area contributed by atoms with Crippen LogP contribution in [0.1, 0.15) is 51.0 Å². The third-order valence-corrected chi connectivity index (χ3v) is 4.65. The highest BCUT2D eigenvalue weighted by Crippen LogP contribution is 2.25. The van der Waals surface area contributed by atoms with Gasteiger partial charge in [0.25, 0.3) is 0 Å². The lowest BCUT2D eigenvalue weighted by molar-refractivity contribution is 0.108. The van der Waals surface area contributed by atoms with Crippen LogP contribution in [0, 0.1) is 11.8 Å². The summed E-state index contributed by atoms with van der Waals surface area (Å²) in [5.41, 5.74) is 1.44. The van der Waals surface area contributed by atoms with Crippen molar-refractivity contribution >= 4 is 0 Å². The van der Waals surface area contributed by atoms with Crippen molar-refractivity contribution in [2.24, 2.45) is 11.8 Å². The van der Waals surface area contributed by atoms with E-state index in [4.69, 9.17) is 0 Å². The highest BCUT2D eigenvalue weighted by Gasteiger charge is 2.20. The smallest absolute Gasteiger partial charge is 0.0540 e. The highest BCUT2D eigenvalue weighted by atomic mass is 16.3. The molecule has 0 heterocycles.